The zero-order valence-electron chi connectivity index (χ0n) is 16.8. The van der Waals surface area contributed by atoms with Crippen molar-refractivity contribution in [2.75, 3.05) is 26.2 Å². The first-order valence-corrected chi connectivity index (χ1v) is 10.1. The molecule has 2 aliphatic rings. The third-order valence-electron chi connectivity index (χ3n) is 5.77. The molecule has 1 saturated carbocycles. The van der Waals surface area contributed by atoms with E-state index < -0.39 is 29.1 Å². The second-order valence-electron chi connectivity index (χ2n) is 8.07. The van der Waals surface area contributed by atoms with Gasteiger partial charge in [-0.1, -0.05) is 26.3 Å². The predicted molar refractivity (Wildman–Crippen MR) is 103 cm³/mol. The lowest BCUT2D eigenvalue weighted by Crippen LogP contribution is -2.58. The fraction of sp³-hybridized carbons (Fsp3) is 0.571. The van der Waals surface area contributed by atoms with Gasteiger partial charge in [0.2, 0.25) is 11.8 Å². The molecule has 1 aromatic rings. The molecule has 0 bridgehead atoms. The second-order valence-corrected chi connectivity index (χ2v) is 8.07. The lowest BCUT2D eigenvalue weighted by atomic mass is 9.84. The molecule has 0 spiro atoms. The molecular weight excluding hydrogens is 380 g/mol. The number of amides is 3. The van der Waals surface area contributed by atoms with Crippen LogP contribution in [0, 0.1) is 23.5 Å². The van der Waals surface area contributed by atoms with Crippen LogP contribution in [-0.2, 0) is 9.59 Å². The summed E-state index contributed by atoms with van der Waals surface area (Å²) >= 11 is 0. The van der Waals surface area contributed by atoms with Crippen LogP contribution in [0.25, 0.3) is 0 Å². The number of hydrogen-bond donors (Lipinski definition) is 1. The van der Waals surface area contributed by atoms with Crippen LogP contribution in [0.2, 0.25) is 0 Å². The van der Waals surface area contributed by atoms with Crippen LogP contribution in [0.4, 0.5) is 8.78 Å². The standard InChI is InChI=1S/C21H27F2N3O3/c1-13(2)18(24-19(27)17-15(22)7-4-8-16(17)23)21(29)26-11-9-25(10-12-26)20(28)14-5-3-6-14/h4,7-8,13-14,18H,3,5-6,9-12H2,1-2H3,(H,24,27)/t18-/m0/s1. The van der Waals surface area contributed by atoms with Crippen molar-refractivity contribution >= 4 is 17.7 Å². The van der Waals surface area contributed by atoms with E-state index in [1.807, 2.05) is 0 Å². The summed E-state index contributed by atoms with van der Waals surface area (Å²) in [5.41, 5.74) is -0.693. The molecule has 29 heavy (non-hydrogen) atoms. The van der Waals surface area contributed by atoms with Crippen molar-refractivity contribution in [1.29, 1.82) is 0 Å². The summed E-state index contributed by atoms with van der Waals surface area (Å²) in [5, 5.41) is 2.49. The maximum Gasteiger partial charge on any atom is 0.257 e. The van der Waals surface area contributed by atoms with Gasteiger partial charge < -0.3 is 15.1 Å². The first-order chi connectivity index (χ1) is 13.8. The van der Waals surface area contributed by atoms with Gasteiger partial charge in [0.25, 0.3) is 5.91 Å². The van der Waals surface area contributed by atoms with Crippen molar-refractivity contribution < 1.29 is 23.2 Å². The Hall–Kier alpha value is -2.51. The summed E-state index contributed by atoms with van der Waals surface area (Å²) in [6.45, 7) is 5.20. The fourth-order valence-electron chi connectivity index (χ4n) is 3.70. The molecule has 3 amide bonds. The first-order valence-electron chi connectivity index (χ1n) is 10.1. The summed E-state index contributed by atoms with van der Waals surface area (Å²) < 4.78 is 27.8. The molecule has 6 nitrogen and oxygen atoms in total. The van der Waals surface area contributed by atoms with Gasteiger partial charge in [0, 0.05) is 32.1 Å². The van der Waals surface area contributed by atoms with E-state index in [4.69, 9.17) is 0 Å². The number of carbonyl (C=O) groups is 3. The van der Waals surface area contributed by atoms with Crippen LogP contribution in [0.5, 0.6) is 0 Å². The van der Waals surface area contributed by atoms with E-state index >= 15 is 0 Å². The van der Waals surface area contributed by atoms with Crippen LogP contribution < -0.4 is 5.32 Å². The van der Waals surface area contributed by atoms with Crippen LogP contribution in [0.1, 0.15) is 43.5 Å². The van der Waals surface area contributed by atoms with Gasteiger partial charge in [0.1, 0.15) is 23.2 Å². The molecule has 3 rings (SSSR count). The number of nitrogens with one attached hydrogen (secondary N) is 1. The van der Waals surface area contributed by atoms with Crippen LogP contribution in [0.3, 0.4) is 0 Å². The number of benzene rings is 1. The largest absolute Gasteiger partial charge is 0.340 e. The highest BCUT2D eigenvalue weighted by molar-refractivity contribution is 5.98. The van der Waals surface area contributed by atoms with Gasteiger partial charge in [-0.3, -0.25) is 14.4 Å². The third kappa shape index (κ3) is 4.57. The number of piperazine rings is 1. The molecular formula is C21H27F2N3O3. The molecule has 0 aromatic heterocycles. The van der Waals surface area contributed by atoms with Gasteiger partial charge >= 0.3 is 0 Å². The lowest BCUT2D eigenvalue weighted by molar-refractivity contribution is -0.145. The molecule has 1 aliphatic heterocycles. The van der Waals surface area contributed by atoms with E-state index in [0.29, 0.717) is 26.2 Å². The fourth-order valence-corrected chi connectivity index (χ4v) is 3.70. The maximum atomic E-state index is 13.9. The zero-order valence-corrected chi connectivity index (χ0v) is 16.8. The number of rotatable bonds is 5. The zero-order chi connectivity index (χ0) is 21.1. The predicted octanol–water partition coefficient (Wildman–Crippen LogP) is 2.19. The van der Waals surface area contributed by atoms with E-state index in [9.17, 15) is 23.2 Å². The van der Waals surface area contributed by atoms with Crippen molar-refractivity contribution in [3.8, 4) is 0 Å². The average molecular weight is 407 g/mol. The monoisotopic (exact) mass is 407 g/mol. The van der Waals surface area contributed by atoms with Crippen LogP contribution >= 0.6 is 0 Å². The summed E-state index contributed by atoms with van der Waals surface area (Å²) in [6, 6.07) is 2.28. The second kappa shape index (κ2) is 8.88. The van der Waals surface area contributed by atoms with Gasteiger partial charge in [0.05, 0.1) is 0 Å². The topological polar surface area (TPSA) is 69.7 Å². The Labute approximate surface area is 169 Å². The van der Waals surface area contributed by atoms with E-state index in [1.165, 1.54) is 6.07 Å². The minimum atomic E-state index is -0.972. The molecule has 1 saturated heterocycles. The van der Waals surface area contributed by atoms with Gasteiger partial charge in [-0.2, -0.15) is 0 Å². The molecule has 1 aromatic carbocycles. The van der Waals surface area contributed by atoms with E-state index in [1.54, 1.807) is 23.6 Å². The first kappa shape index (κ1) is 21.2. The van der Waals surface area contributed by atoms with Crippen LogP contribution in [0.15, 0.2) is 18.2 Å². The average Bonchev–Trinajstić information content (AvgIpc) is 2.64. The maximum absolute atomic E-state index is 13.9. The minimum absolute atomic E-state index is 0.121. The molecule has 1 N–H and O–H groups in total. The van der Waals surface area contributed by atoms with Gasteiger partial charge in [-0.25, -0.2) is 8.78 Å². The van der Waals surface area contributed by atoms with Crippen molar-refractivity contribution in [1.82, 2.24) is 15.1 Å². The van der Waals surface area contributed by atoms with E-state index in [2.05, 4.69) is 5.32 Å². The van der Waals surface area contributed by atoms with Gasteiger partial charge in [-0.05, 0) is 30.9 Å². The Bertz CT molecular complexity index is 767. The highest BCUT2D eigenvalue weighted by atomic mass is 19.1. The highest BCUT2D eigenvalue weighted by Gasteiger charge is 2.35. The molecule has 1 aliphatic carbocycles. The van der Waals surface area contributed by atoms with Gasteiger partial charge in [-0.15, -0.1) is 0 Å². The van der Waals surface area contributed by atoms with Crippen LogP contribution in [-0.4, -0.2) is 59.7 Å². The molecule has 8 heteroatoms. The minimum Gasteiger partial charge on any atom is -0.340 e. The Morgan fingerprint density at radius 1 is 1.00 bits per heavy atom. The number of halogens is 2. The molecule has 2 fully saturated rings. The van der Waals surface area contributed by atoms with Crippen molar-refractivity contribution in [2.24, 2.45) is 11.8 Å². The Balaban J connectivity index is 1.63. The molecule has 1 atom stereocenters. The summed E-state index contributed by atoms with van der Waals surface area (Å²) in [5.74, 6) is -3.19. The summed E-state index contributed by atoms with van der Waals surface area (Å²) in [6.07, 6.45) is 2.96. The smallest absolute Gasteiger partial charge is 0.257 e. The highest BCUT2D eigenvalue weighted by Crippen LogP contribution is 2.28. The van der Waals surface area contributed by atoms with Gasteiger partial charge in [0.15, 0.2) is 0 Å². The van der Waals surface area contributed by atoms with E-state index in [-0.39, 0.29) is 23.7 Å². The SMILES string of the molecule is CC(C)[C@H](NC(=O)c1c(F)cccc1F)C(=O)N1CCN(C(=O)C2CCC2)CC1. The Kier molecular flexibility index (Phi) is 6.49. The number of hydrogen-bond acceptors (Lipinski definition) is 3. The molecule has 0 radical (unpaired) electrons. The van der Waals surface area contributed by atoms with Crippen molar-refractivity contribution in [3.05, 3.63) is 35.4 Å². The Morgan fingerprint density at radius 3 is 2.03 bits per heavy atom. The summed E-state index contributed by atoms with van der Waals surface area (Å²) in [4.78, 5) is 41.2. The third-order valence-corrected chi connectivity index (χ3v) is 5.77. The number of nitrogens with zero attached hydrogens (tertiary/aromatic N) is 2. The summed E-state index contributed by atoms with van der Waals surface area (Å²) in [7, 11) is 0. The molecule has 1 heterocycles. The molecule has 0 unspecified atom stereocenters. The Morgan fingerprint density at radius 2 is 1.55 bits per heavy atom. The van der Waals surface area contributed by atoms with E-state index in [0.717, 1.165) is 31.4 Å². The lowest BCUT2D eigenvalue weighted by Gasteiger charge is -2.39. The van der Waals surface area contributed by atoms with Crippen molar-refractivity contribution in [2.45, 2.75) is 39.2 Å². The number of carbonyl (C=O) groups excluding carboxylic acids is 3. The molecule has 158 valence electrons. The normalized spacial score (nSPS) is 18.4. The quantitative estimate of drug-likeness (QED) is 0.814. The van der Waals surface area contributed by atoms with Crippen molar-refractivity contribution in [3.63, 3.8) is 0 Å².